The van der Waals surface area contributed by atoms with E-state index in [1.165, 1.54) is 5.56 Å². The Morgan fingerprint density at radius 3 is 2.73 bits per heavy atom. The molecule has 3 rings (SSSR count). The van der Waals surface area contributed by atoms with Crippen LogP contribution in [-0.2, 0) is 4.79 Å². The Morgan fingerprint density at radius 1 is 1.23 bits per heavy atom. The summed E-state index contributed by atoms with van der Waals surface area (Å²) in [7, 11) is 0. The van der Waals surface area contributed by atoms with E-state index in [0.29, 0.717) is 17.5 Å². The lowest BCUT2D eigenvalue weighted by Crippen LogP contribution is -2.26. The normalized spacial score (nSPS) is 21.5. The quantitative estimate of drug-likeness (QED) is 0.798. The first-order valence-corrected chi connectivity index (χ1v) is 7.82. The lowest BCUT2D eigenvalue weighted by molar-refractivity contribution is -0.112. The molecule has 1 aliphatic rings. The Bertz CT molecular complexity index is 645. The fraction of sp³-hybridized carbons (Fsp3) is 0.444. The van der Waals surface area contributed by atoms with E-state index >= 15 is 0 Å². The van der Waals surface area contributed by atoms with E-state index in [2.05, 4.69) is 4.98 Å². The molecule has 2 atom stereocenters. The molecule has 0 bridgehead atoms. The van der Waals surface area contributed by atoms with Crippen LogP contribution in [-0.4, -0.2) is 17.4 Å². The molecule has 22 heavy (non-hydrogen) atoms. The van der Waals surface area contributed by atoms with Gasteiger partial charge in [-0.25, -0.2) is 0 Å². The van der Waals surface area contributed by atoms with Crippen molar-refractivity contribution in [3.63, 3.8) is 0 Å². The monoisotopic (exact) mass is 299 g/mol. The molecule has 1 saturated carbocycles. The molecule has 0 N–H and O–H groups in total. The molecule has 1 aliphatic carbocycles. The van der Waals surface area contributed by atoms with Crippen LogP contribution in [0.15, 0.2) is 28.7 Å². The first-order chi connectivity index (χ1) is 10.7. The number of carbonyl (C=O) groups is 1. The fourth-order valence-electron chi connectivity index (χ4n) is 2.88. The van der Waals surface area contributed by atoms with Crippen molar-refractivity contribution in [1.82, 2.24) is 4.98 Å². The van der Waals surface area contributed by atoms with Gasteiger partial charge in [0.15, 0.2) is 5.76 Å². The zero-order valence-electron chi connectivity index (χ0n) is 13.0. The van der Waals surface area contributed by atoms with E-state index in [4.69, 9.17) is 9.15 Å². The maximum Gasteiger partial charge on any atom is 0.256 e. The molecule has 0 saturated heterocycles. The summed E-state index contributed by atoms with van der Waals surface area (Å²) >= 11 is 0. The predicted octanol–water partition coefficient (Wildman–Crippen LogP) is 4.09. The fourth-order valence-corrected chi connectivity index (χ4v) is 2.88. The van der Waals surface area contributed by atoms with Crippen LogP contribution in [0, 0.1) is 19.8 Å². The average Bonchev–Trinajstić information content (AvgIpc) is 2.89. The van der Waals surface area contributed by atoms with E-state index < -0.39 is 0 Å². The second kappa shape index (κ2) is 6.34. The first kappa shape index (κ1) is 14.8. The van der Waals surface area contributed by atoms with E-state index in [1.807, 2.05) is 38.1 Å². The number of aryl methyl sites for hydroxylation is 2. The minimum Gasteiger partial charge on any atom is -0.472 e. The number of aldehydes is 1. The minimum absolute atomic E-state index is 0.0543. The van der Waals surface area contributed by atoms with Gasteiger partial charge in [-0.05, 0) is 51.7 Å². The molecular formula is C18H21NO3. The summed E-state index contributed by atoms with van der Waals surface area (Å²) in [5, 5.41) is 0. The molecule has 0 spiro atoms. The zero-order chi connectivity index (χ0) is 15.5. The Balaban J connectivity index is 1.75. The summed E-state index contributed by atoms with van der Waals surface area (Å²) in [6.45, 7) is 3.91. The van der Waals surface area contributed by atoms with Gasteiger partial charge < -0.3 is 13.9 Å². The highest BCUT2D eigenvalue weighted by atomic mass is 16.5. The van der Waals surface area contributed by atoms with Gasteiger partial charge in [-0.1, -0.05) is 17.7 Å². The molecule has 1 aromatic carbocycles. The van der Waals surface area contributed by atoms with Gasteiger partial charge in [0.1, 0.15) is 12.4 Å². The minimum atomic E-state index is 0.0543. The van der Waals surface area contributed by atoms with Crippen LogP contribution in [0.25, 0.3) is 11.5 Å². The Morgan fingerprint density at radius 2 is 2.00 bits per heavy atom. The lowest BCUT2D eigenvalue weighted by atomic mass is 9.88. The number of benzene rings is 1. The van der Waals surface area contributed by atoms with Crippen molar-refractivity contribution in [1.29, 1.82) is 0 Å². The summed E-state index contributed by atoms with van der Waals surface area (Å²) in [4.78, 5) is 15.4. The third-order valence-electron chi connectivity index (χ3n) is 4.19. The lowest BCUT2D eigenvalue weighted by Gasteiger charge is -2.25. The van der Waals surface area contributed by atoms with Crippen LogP contribution in [0.1, 0.15) is 37.0 Å². The second-order valence-corrected chi connectivity index (χ2v) is 6.05. The number of hydrogen-bond donors (Lipinski definition) is 0. The van der Waals surface area contributed by atoms with Gasteiger partial charge in [0.2, 0.25) is 5.89 Å². The van der Waals surface area contributed by atoms with Gasteiger partial charge in [0, 0.05) is 11.5 Å². The van der Waals surface area contributed by atoms with Crippen LogP contribution in [0.3, 0.4) is 0 Å². The predicted molar refractivity (Wildman–Crippen MR) is 83.9 cm³/mol. The van der Waals surface area contributed by atoms with Crippen LogP contribution >= 0.6 is 0 Å². The van der Waals surface area contributed by atoms with Crippen LogP contribution in [0.5, 0.6) is 5.88 Å². The Labute approximate surface area is 130 Å². The number of oxazole rings is 1. The van der Waals surface area contributed by atoms with Crippen LogP contribution in [0.4, 0.5) is 0 Å². The molecule has 0 radical (unpaired) electrons. The first-order valence-electron chi connectivity index (χ1n) is 7.82. The molecule has 2 unspecified atom stereocenters. The zero-order valence-corrected chi connectivity index (χ0v) is 13.0. The van der Waals surface area contributed by atoms with Crippen LogP contribution in [0.2, 0.25) is 0 Å². The summed E-state index contributed by atoms with van der Waals surface area (Å²) < 4.78 is 11.7. The number of rotatable bonds is 4. The largest absolute Gasteiger partial charge is 0.472 e. The molecule has 1 aromatic heterocycles. The molecule has 116 valence electrons. The summed E-state index contributed by atoms with van der Waals surface area (Å²) in [5.74, 6) is 1.92. The number of nitrogens with zero attached hydrogens (tertiary/aromatic N) is 1. The standard InChI is InChI=1S/C18H21NO3/c1-12-6-8-15(9-7-12)18-19-17(13(2)21-18)22-16-5-3-4-14(10-16)11-20/h6-9,11,14,16H,3-5,10H2,1-2H3. The highest BCUT2D eigenvalue weighted by Gasteiger charge is 2.25. The molecule has 0 amide bonds. The van der Waals surface area contributed by atoms with Crippen molar-refractivity contribution in [2.75, 3.05) is 0 Å². The molecular weight excluding hydrogens is 278 g/mol. The van der Waals surface area contributed by atoms with Crippen molar-refractivity contribution in [3.8, 4) is 17.3 Å². The summed E-state index contributed by atoms with van der Waals surface area (Å²) in [6, 6.07) is 8.05. The van der Waals surface area contributed by atoms with Crippen molar-refractivity contribution < 1.29 is 13.9 Å². The highest BCUT2D eigenvalue weighted by molar-refractivity contribution is 5.55. The van der Waals surface area contributed by atoms with Crippen LogP contribution < -0.4 is 4.74 Å². The number of ether oxygens (including phenoxy) is 1. The van der Waals surface area contributed by atoms with Crippen molar-refractivity contribution in [2.45, 2.75) is 45.6 Å². The molecule has 2 aromatic rings. The van der Waals surface area contributed by atoms with Crippen molar-refractivity contribution in [3.05, 3.63) is 35.6 Å². The number of aromatic nitrogens is 1. The summed E-state index contributed by atoms with van der Waals surface area (Å²) in [6.07, 6.45) is 4.83. The maximum absolute atomic E-state index is 11.0. The SMILES string of the molecule is Cc1ccc(-c2nc(OC3CCCC(C=O)C3)c(C)o2)cc1. The van der Waals surface area contributed by atoms with Gasteiger partial charge >= 0.3 is 0 Å². The molecule has 1 fully saturated rings. The number of carbonyl (C=O) groups excluding carboxylic acids is 1. The Kier molecular flexibility index (Phi) is 4.27. The van der Waals surface area contributed by atoms with Gasteiger partial charge in [0.05, 0.1) is 0 Å². The van der Waals surface area contributed by atoms with E-state index in [9.17, 15) is 4.79 Å². The third-order valence-corrected chi connectivity index (χ3v) is 4.19. The second-order valence-electron chi connectivity index (χ2n) is 6.05. The van der Waals surface area contributed by atoms with Gasteiger partial charge in [-0.2, -0.15) is 4.98 Å². The van der Waals surface area contributed by atoms with Crippen molar-refractivity contribution >= 4 is 6.29 Å². The third kappa shape index (κ3) is 3.21. The van der Waals surface area contributed by atoms with E-state index in [1.54, 1.807) is 0 Å². The van der Waals surface area contributed by atoms with E-state index in [0.717, 1.165) is 37.5 Å². The molecule has 4 nitrogen and oxygen atoms in total. The smallest absolute Gasteiger partial charge is 0.256 e. The van der Waals surface area contributed by atoms with Gasteiger partial charge in [-0.3, -0.25) is 0 Å². The van der Waals surface area contributed by atoms with E-state index in [-0.39, 0.29) is 12.0 Å². The average molecular weight is 299 g/mol. The topological polar surface area (TPSA) is 52.3 Å². The van der Waals surface area contributed by atoms with Gasteiger partial charge in [0.25, 0.3) is 5.88 Å². The molecule has 1 heterocycles. The summed E-state index contributed by atoms with van der Waals surface area (Å²) in [5.41, 5.74) is 2.14. The van der Waals surface area contributed by atoms with Gasteiger partial charge in [-0.15, -0.1) is 0 Å². The molecule has 4 heteroatoms. The number of hydrogen-bond acceptors (Lipinski definition) is 4. The Hall–Kier alpha value is -2.10. The van der Waals surface area contributed by atoms with Crippen molar-refractivity contribution in [2.24, 2.45) is 5.92 Å². The maximum atomic E-state index is 11.0. The molecule has 0 aliphatic heterocycles. The highest BCUT2D eigenvalue weighted by Crippen LogP contribution is 2.30.